The van der Waals surface area contributed by atoms with E-state index in [1.165, 1.54) is 5.56 Å². The maximum absolute atomic E-state index is 11.6. The molecule has 2 N–H and O–H groups in total. The van der Waals surface area contributed by atoms with Gasteiger partial charge in [-0.2, -0.15) is 0 Å². The number of amides is 2. The molecule has 1 atom stereocenters. The first-order chi connectivity index (χ1) is 9.44. The minimum atomic E-state index is -2.87. The van der Waals surface area contributed by atoms with Crippen LogP contribution in [0, 0.1) is 12.8 Å². The molecule has 0 saturated carbocycles. The number of aryl methyl sites for hydroxylation is 1. The number of urea groups is 1. The van der Waals surface area contributed by atoms with Crippen molar-refractivity contribution in [3.63, 3.8) is 0 Å². The predicted octanol–water partition coefficient (Wildman–Crippen LogP) is 1.23. The molecule has 1 saturated heterocycles. The number of carbonyl (C=O) groups excluding carboxylic acids is 1. The van der Waals surface area contributed by atoms with Crippen molar-refractivity contribution in [3.8, 4) is 0 Å². The standard InChI is InChI=1S/C14H20N2O3S/c1-11-2-4-12(5-3-11)8-15-14(17)16-9-13-6-7-20(18,19)10-13/h2-5,13H,6-10H2,1H3,(H2,15,16,17). The molecule has 1 aliphatic rings. The highest BCUT2D eigenvalue weighted by Crippen LogP contribution is 2.17. The van der Waals surface area contributed by atoms with Crippen LogP contribution in [0.4, 0.5) is 4.79 Å². The van der Waals surface area contributed by atoms with E-state index in [0.29, 0.717) is 19.5 Å². The largest absolute Gasteiger partial charge is 0.338 e. The highest BCUT2D eigenvalue weighted by atomic mass is 32.2. The summed E-state index contributed by atoms with van der Waals surface area (Å²) in [6, 6.07) is 7.68. The molecule has 110 valence electrons. The molecule has 2 amide bonds. The van der Waals surface area contributed by atoms with Gasteiger partial charge in [0.1, 0.15) is 0 Å². The van der Waals surface area contributed by atoms with Gasteiger partial charge in [-0.05, 0) is 24.8 Å². The van der Waals surface area contributed by atoms with Gasteiger partial charge in [-0.15, -0.1) is 0 Å². The first kappa shape index (κ1) is 14.8. The molecule has 1 aromatic rings. The van der Waals surface area contributed by atoms with E-state index in [-0.39, 0.29) is 23.5 Å². The minimum Gasteiger partial charge on any atom is -0.338 e. The topological polar surface area (TPSA) is 75.3 Å². The van der Waals surface area contributed by atoms with Gasteiger partial charge in [0.05, 0.1) is 11.5 Å². The van der Waals surface area contributed by atoms with E-state index in [4.69, 9.17) is 0 Å². The molecule has 0 radical (unpaired) electrons. The molecule has 0 aromatic heterocycles. The summed E-state index contributed by atoms with van der Waals surface area (Å²) in [5.41, 5.74) is 2.22. The summed E-state index contributed by atoms with van der Waals surface area (Å²) in [5, 5.41) is 5.49. The van der Waals surface area contributed by atoms with Gasteiger partial charge in [0.15, 0.2) is 9.84 Å². The van der Waals surface area contributed by atoms with E-state index >= 15 is 0 Å². The molecule has 20 heavy (non-hydrogen) atoms. The van der Waals surface area contributed by atoms with Crippen LogP contribution in [0.5, 0.6) is 0 Å². The smallest absolute Gasteiger partial charge is 0.315 e. The Morgan fingerprint density at radius 1 is 1.25 bits per heavy atom. The summed E-state index contributed by atoms with van der Waals surface area (Å²) >= 11 is 0. The molecule has 1 heterocycles. The fourth-order valence-corrected chi connectivity index (χ4v) is 4.08. The second kappa shape index (κ2) is 6.26. The van der Waals surface area contributed by atoms with Crippen LogP contribution in [0.1, 0.15) is 17.5 Å². The lowest BCUT2D eigenvalue weighted by Crippen LogP contribution is -2.38. The van der Waals surface area contributed by atoms with Crippen molar-refractivity contribution in [3.05, 3.63) is 35.4 Å². The van der Waals surface area contributed by atoms with Crippen molar-refractivity contribution in [2.45, 2.75) is 19.9 Å². The average Bonchev–Trinajstić information content (AvgIpc) is 2.75. The van der Waals surface area contributed by atoms with Crippen molar-refractivity contribution in [1.29, 1.82) is 0 Å². The number of hydrogen-bond donors (Lipinski definition) is 2. The second-order valence-electron chi connectivity index (χ2n) is 5.32. The van der Waals surface area contributed by atoms with Gasteiger partial charge in [0, 0.05) is 13.1 Å². The zero-order chi connectivity index (χ0) is 14.6. The SMILES string of the molecule is Cc1ccc(CNC(=O)NCC2CCS(=O)(=O)C2)cc1. The zero-order valence-corrected chi connectivity index (χ0v) is 12.4. The molecule has 0 spiro atoms. The number of rotatable bonds is 4. The third kappa shape index (κ3) is 4.52. The molecule has 0 bridgehead atoms. The fourth-order valence-electron chi connectivity index (χ4n) is 2.22. The highest BCUT2D eigenvalue weighted by molar-refractivity contribution is 7.91. The van der Waals surface area contributed by atoms with Gasteiger partial charge in [-0.25, -0.2) is 13.2 Å². The Kier molecular flexibility index (Phi) is 4.65. The molecule has 1 aromatic carbocycles. The van der Waals surface area contributed by atoms with Crippen LogP contribution in [-0.2, 0) is 16.4 Å². The Labute approximate surface area is 119 Å². The van der Waals surface area contributed by atoms with Crippen molar-refractivity contribution < 1.29 is 13.2 Å². The zero-order valence-electron chi connectivity index (χ0n) is 11.6. The second-order valence-corrected chi connectivity index (χ2v) is 7.55. The number of hydrogen-bond acceptors (Lipinski definition) is 3. The summed E-state index contributed by atoms with van der Waals surface area (Å²) in [6.07, 6.45) is 0.639. The van der Waals surface area contributed by atoms with Crippen LogP contribution in [0.3, 0.4) is 0 Å². The summed E-state index contributed by atoms with van der Waals surface area (Å²) < 4.78 is 22.6. The molecular weight excluding hydrogens is 276 g/mol. The lowest BCUT2D eigenvalue weighted by atomic mass is 10.1. The number of carbonyl (C=O) groups is 1. The number of nitrogens with one attached hydrogen (secondary N) is 2. The van der Waals surface area contributed by atoms with Crippen molar-refractivity contribution in [1.82, 2.24) is 10.6 Å². The van der Waals surface area contributed by atoms with E-state index in [9.17, 15) is 13.2 Å². The van der Waals surface area contributed by atoms with Crippen molar-refractivity contribution in [2.75, 3.05) is 18.1 Å². The molecule has 0 aliphatic carbocycles. The van der Waals surface area contributed by atoms with Crippen LogP contribution in [-0.4, -0.2) is 32.5 Å². The van der Waals surface area contributed by atoms with Crippen LogP contribution in [0.25, 0.3) is 0 Å². The quantitative estimate of drug-likeness (QED) is 0.877. The van der Waals surface area contributed by atoms with E-state index < -0.39 is 9.84 Å². The Morgan fingerprint density at radius 2 is 1.95 bits per heavy atom. The van der Waals surface area contributed by atoms with E-state index in [1.807, 2.05) is 31.2 Å². The van der Waals surface area contributed by atoms with Gasteiger partial charge >= 0.3 is 6.03 Å². The summed E-state index contributed by atoms with van der Waals surface area (Å²) in [6.45, 7) is 2.90. The summed E-state index contributed by atoms with van der Waals surface area (Å²) in [5.74, 6) is 0.473. The van der Waals surface area contributed by atoms with Crippen LogP contribution in [0.15, 0.2) is 24.3 Å². The van der Waals surface area contributed by atoms with Crippen molar-refractivity contribution in [2.24, 2.45) is 5.92 Å². The molecule has 2 rings (SSSR count). The third-order valence-corrected chi connectivity index (χ3v) is 5.29. The van der Waals surface area contributed by atoms with Gasteiger partial charge in [0.25, 0.3) is 0 Å². The monoisotopic (exact) mass is 296 g/mol. The average molecular weight is 296 g/mol. The van der Waals surface area contributed by atoms with Gasteiger partial charge in [-0.1, -0.05) is 29.8 Å². The molecule has 1 unspecified atom stereocenters. The molecule has 1 aliphatic heterocycles. The Hall–Kier alpha value is -1.56. The van der Waals surface area contributed by atoms with Gasteiger partial charge in [0.2, 0.25) is 0 Å². The number of sulfone groups is 1. The first-order valence-corrected chi connectivity index (χ1v) is 8.54. The van der Waals surface area contributed by atoms with Crippen molar-refractivity contribution >= 4 is 15.9 Å². The first-order valence-electron chi connectivity index (χ1n) is 6.72. The predicted molar refractivity (Wildman–Crippen MR) is 78.2 cm³/mol. The number of benzene rings is 1. The van der Waals surface area contributed by atoms with Crippen LogP contribution >= 0.6 is 0 Å². The lowest BCUT2D eigenvalue weighted by molar-refractivity contribution is 0.239. The molecule has 5 nitrogen and oxygen atoms in total. The fraction of sp³-hybridized carbons (Fsp3) is 0.500. The third-order valence-electron chi connectivity index (χ3n) is 3.45. The Bertz CT molecular complexity index is 567. The van der Waals surface area contributed by atoms with E-state index in [0.717, 1.165) is 5.56 Å². The van der Waals surface area contributed by atoms with E-state index in [1.54, 1.807) is 0 Å². The Morgan fingerprint density at radius 3 is 2.55 bits per heavy atom. The molecular formula is C14H20N2O3S. The lowest BCUT2D eigenvalue weighted by Gasteiger charge is -2.11. The summed E-state index contributed by atoms with van der Waals surface area (Å²) in [7, 11) is -2.87. The van der Waals surface area contributed by atoms with Crippen LogP contribution in [0.2, 0.25) is 0 Å². The molecule has 6 heteroatoms. The minimum absolute atomic E-state index is 0.0464. The Balaban J connectivity index is 1.69. The van der Waals surface area contributed by atoms with Gasteiger partial charge in [-0.3, -0.25) is 0 Å². The maximum atomic E-state index is 11.6. The normalized spacial score (nSPS) is 20.6. The highest BCUT2D eigenvalue weighted by Gasteiger charge is 2.27. The molecule has 1 fully saturated rings. The van der Waals surface area contributed by atoms with E-state index in [2.05, 4.69) is 10.6 Å². The summed E-state index contributed by atoms with van der Waals surface area (Å²) in [4.78, 5) is 11.6. The van der Waals surface area contributed by atoms with Gasteiger partial charge < -0.3 is 10.6 Å². The van der Waals surface area contributed by atoms with Crippen LogP contribution < -0.4 is 10.6 Å². The maximum Gasteiger partial charge on any atom is 0.315 e.